The van der Waals surface area contributed by atoms with Crippen LogP contribution in [0.15, 0.2) is 47.2 Å². The van der Waals surface area contributed by atoms with E-state index in [4.69, 9.17) is 4.42 Å². The Morgan fingerprint density at radius 2 is 1.77 bits per heavy atom. The minimum absolute atomic E-state index is 0. The summed E-state index contributed by atoms with van der Waals surface area (Å²) in [5.41, 5.74) is -7.06. The molecule has 2 heterocycles. The average Bonchev–Trinajstić information content (AvgIpc) is 3.44. The summed E-state index contributed by atoms with van der Waals surface area (Å²) in [6, 6.07) is 4.77. The molecule has 3 aromatic rings. The molecule has 210 valence electrons. The Morgan fingerprint density at radius 1 is 1.13 bits per heavy atom. The molecule has 1 fully saturated rings. The SMILES string of the molecule is CCN(CC)[C@H]1C[C@H](CN2C(=O)C(O)(c3c(F)cccc3F)c3c2cc(-c2ncco2)cc3C(F)(F)F)C1.Cl. The zero-order valence-corrected chi connectivity index (χ0v) is 22.0. The highest BCUT2D eigenvalue weighted by molar-refractivity contribution is 6.10. The molecule has 1 aliphatic heterocycles. The summed E-state index contributed by atoms with van der Waals surface area (Å²) in [5, 5.41) is 11.7. The first kappa shape index (κ1) is 29.0. The number of carbonyl (C=O) groups excluding carboxylic acids is 1. The lowest BCUT2D eigenvalue weighted by Crippen LogP contribution is -2.50. The number of carbonyl (C=O) groups is 1. The number of hydrogen-bond donors (Lipinski definition) is 1. The molecule has 1 N–H and O–H groups in total. The van der Waals surface area contributed by atoms with Crippen molar-refractivity contribution < 1.29 is 36.3 Å². The van der Waals surface area contributed by atoms with Gasteiger partial charge >= 0.3 is 6.18 Å². The first-order valence-electron chi connectivity index (χ1n) is 12.4. The van der Waals surface area contributed by atoms with Gasteiger partial charge in [0.15, 0.2) is 0 Å². The molecule has 0 bridgehead atoms. The third kappa shape index (κ3) is 4.70. The van der Waals surface area contributed by atoms with Gasteiger partial charge in [-0.1, -0.05) is 19.9 Å². The lowest BCUT2D eigenvalue weighted by molar-refractivity contribution is -0.142. The normalized spacial score (nSPS) is 22.6. The third-order valence-electron chi connectivity index (χ3n) is 7.61. The molecule has 6 nitrogen and oxygen atoms in total. The van der Waals surface area contributed by atoms with E-state index in [1.165, 1.54) is 18.5 Å². The van der Waals surface area contributed by atoms with Crippen LogP contribution in [0.5, 0.6) is 0 Å². The van der Waals surface area contributed by atoms with E-state index in [0.717, 1.165) is 36.2 Å². The topological polar surface area (TPSA) is 69.8 Å². The standard InChI is InChI=1S/C27H26F5N3O3.ClH/c1-3-34(4-2)17-10-15(11-17)14-35-21-13-16(24-33-8-9-38-24)12-18(27(30,31)32)22(21)26(37,25(35)36)23-19(28)6-5-7-20(23)29;/h5-9,12-13,15,17,37H,3-4,10-11,14H2,1-2H3;1H/t15-,17-,26?;. The van der Waals surface area contributed by atoms with Crippen LogP contribution in [0.1, 0.15) is 43.4 Å². The van der Waals surface area contributed by atoms with Crippen LogP contribution in [0.2, 0.25) is 0 Å². The summed E-state index contributed by atoms with van der Waals surface area (Å²) >= 11 is 0. The highest BCUT2D eigenvalue weighted by atomic mass is 35.5. The Morgan fingerprint density at radius 3 is 2.31 bits per heavy atom. The summed E-state index contributed by atoms with van der Waals surface area (Å²) in [4.78, 5) is 21.0. The van der Waals surface area contributed by atoms with Crippen molar-refractivity contribution in [1.82, 2.24) is 9.88 Å². The molecule has 1 amide bonds. The molecule has 2 aromatic carbocycles. The first-order valence-corrected chi connectivity index (χ1v) is 12.4. The van der Waals surface area contributed by atoms with Crippen LogP contribution in [-0.2, 0) is 16.6 Å². The van der Waals surface area contributed by atoms with Gasteiger partial charge in [-0.15, -0.1) is 12.4 Å². The number of halogens is 6. The van der Waals surface area contributed by atoms with Crippen molar-refractivity contribution in [2.75, 3.05) is 24.5 Å². The quantitative estimate of drug-likeness (QED) is 0.365. The van der Waals surface area contributed by atoms with Gasteiger partial charge in [0.25, 0.3) is 5.91 Å². The summed E-state index contributed by atoms with van der Waals surface area (Å²) < 4.78 is 78.4. The van der Waals surface area contributed by atoms with Crippen LogP contribution in [0.25, 0.3) is 11.5 Å². The minimum atomic E-state index is -5.08. The molecule has 1 atom stereocenters. The van der Waals surface area contributed by atoms with Crippen molar-refractivity contribution in [2.45, 2.75) is 44.5 Å². The van der Waals surface area contributed by atoms with Gasteiger partial charge in [0, 0.05) is 23.7 Å². The zero-order valence-electron chi connectivity index (χ0n) is 21.1. The number of anilines is 1. The van der Waals surface area contributed by atoms with E-state index in [1.54, 1.807) is 0 Å². The number of oxazole rings is 1. The molecule has 39 heavy (non-hydrogen) atoms. The Kier molecular flexibility index (Phi) is 7.81. The fourth-order valence-corrected chi connectivity index (χ4v) is 5.75. The second-order valence-electron chi connectivity index (χ2n) is 9.69. The molecule has 1 aromatic heterocycles. The van der Waals surface area contributed by atoms with Crippen molar-refractivity contribution >= 4 is 24.0 Å². The lowest BCUT2D eigenvalue weighted by atomic mass is 9.78. The Bertz CT molecular complexity index is 1340. The first-order chi connectivity index (χ1) is 18.0. The van der Waals surface area contributed by atoms with Gasteiger partial charge in [0.05, 0.1) is 23.0 Å². The van der Waals surface area contributed by atoms with Gasteiger partial charge in [-0.2, -0.15) is 13.2 Å². The van der Waals surface area contributed by atoms with Crippen LogP contribution < -0.4 is 4.90 Å². The largest absolute Gasteiger partial charge is 0.445 e. The van der Waals surface area contributed by atoms with Gasteiger partial charge in [-0.25, -0.2) is 13.8 Å². The minimum Gasteiger partial charge on any atom is -0.445 e. The van der Waals surface area contributed by atoms with Gasteiger partial charge < -0.3 is 19.3 Å². The van der Waals surface area contributed by atoms with Crippen LogP contribution in [0, 0.1) is 17.6 Å². The van der Waals surface area contributed by atoms with E-state index < -0.39 is 46.0 Å². The molecule has 1 aliphatic carbocycles. The fraction of sp³-hybridized carbons (Fsp3) is 0.407. The number of nitrogens with zero attached hydrogens (tertiary/aromatic N) is 3. The second-order valence-corrected chi connectivity index (χ2v) is 9.69. The van der Waals surface area contributed by atoms with Crippen molar-refractivity contribution in [3.05, 3.63) is 71.1 Å². The predicted octanol–water partition coefficient (Wildman–Crippen LogP) is 5.76. The molecule has 0 saturated heterocycles. The van der Waals surface area contributed by atoms with E-state index in [0.29, 0.717) is 18.9 Å². The number of aliphatic hydroxyl groups is 1. The highest BCUT2D eigenvalue weighted by Crippen LogP contribution is 2.53. The maximum absolute atomic E-state index is 14.9. The molecule has 5 rings (SSSR count). The van der Waals surface area contributed by atoms with Crippen LogP contribution in [0.4, 0.5) is 27.6 Å². The molecular weight excluding hydrogens is 545 g/mol. The summed E-state index contributed by atoms with van der Waals surface area (Å²) in [6.07, 6.45) is -1.25. The van der Waals surface area contributed by atoms with Crippen molar-refractivity contribution in [1.29, 1.82) is 0 Å². The van der Waals surface area contributed by atoms with E-state index in [1.807, 2.05) is 13.8 Å². The van der Waals surface area contributed by atoms with Gasteiger partial charge in [-0.3, -0.25) is 4.79 Å². The van der Waals surface area contributed by atoms with E-state index in [2.05, 4.69) is 9.88 Å². The van der Waals surface area contributed by atoms with Crippen LogP contribution >= 0.6 is 12.4 Å². The molecule has 0 radical (unpaired) electrons. The smallest absolute Gasteiger partial charge is 0.416 e. The monoisotopic (exact) mass is 571 g/mol. The fourth-order valence-electron chi connectivity index (χ4n) is 5.75. The highest BCUT2D eigenvalue weighted by Gasteiger charge is 2.58. The number of benzene rings is 2. The van der Waals surface area contributed by atoms with E-state index in [-0.39, 0.29) is 48.1 Å². The molecule has 0 spiro atoms. The van der Waals surface area contributed by atoms with E-state index in [9.17, 15) is 31.9 Å². The molecule has 2 aliphatic rings. The summed E-state index contributed by atoms with van der Waals surface area (Å²) in [7, 11) is 0. The van der Waals surface area contributed by atoms with Crippen LogP contribution in [0.3, 0.4) is 0 Å². The third-order valence-corrected chi connectivity index (χ3v) is 7.61. The Balaban J connectivity index is 0.00000353. The second kappa shape index (κ2) is 10.5. The van der Waals surface area contributed by atoms with Gasteiger partial charge in [0.1, 0.15) is 17.9 Å². The number of fused-ring (bicyclic) bond motifs is 1. The Labute approximate surface area is 227 Å². The lowest BCUT2D eigenvalue weighted by Gasteiger charge is -2.43. The number of aromatic nitrogens is 1. The summed E-state index contributed by atoms with van der Waals surface area (Å²) in [6.45, 7) is 5.71. The molecule has 1 unspecified atom stereocenters. The molecule has 1 saturated carbocycles. The maximum atomic E-state index is 14.9. The van der Waals surface area contributed by atoms with Crippen LogP contribution in [-0.4, -0.2) is 46.6 Å². The Hall–Kier alpha value is -3.02. The van der Waals surface area contributed by atoms with Crippen molar-refractivity contribution in [3.63, 3.8) is 0 Å². The zero-order chi connectivity index (χ0) is 27.4. The van der Waals surface area contributed by atoms with Gasteiger partial charge in [-0.05, 0) is 56.1 Å². The van der Waals surface area contributed by atoms with Crippen molar-refractivity contribution in [3.8, 4) is 11.5 Å². The predicted molar refractivity (Wildman–Crippen MR) is 135 cm³/mol. The molecule has 12 heteroatoms. The average molecular weight is 572 g/mol. The van der Waals surface area contributed by atoms with Crippen molar-refractivity contribution in [2.24, 2.45) is 5.92 Å². The van der Waals surface area contributed by atoms with E-state index >= 15 is 0 Å². The number of amides is 1. The number of rotatable bonds is 7. The molecular formula is C27H27ClF5N3O3. The number of hydrogen-bond acceptors (Lipinski definition) is 5. The van der Waals surface area contributed by atoms with Gasteiger partial charge in [0.2, 0.25) is 11.5 Å². The maximum Gasteiger partial charge on any atom is 0.416 e. The number of alkyl halides is 3. The summed E-state index contributed by atoms with van der Waals surface area (Å²) in [5.74, 6) is -4.11.